The van der Waals surface area contributed by atoms with Gasteiger partial charge in [-0.25, -0.2) is 4.79 Å². The van der Waals surface area contributed by atoms with Crippen molar-refractivity contribution in [3.63, 3.8) is 0 Å². The maximum Gasteiger partial charge on any atom is 0.416 e. The molecule has 0 radical (unpaired) electrons. The van der Waals surface area contributed by atoms with Gasteiger partial charge in [-0.05, 0) is 55.7 Å². The Kier molecular flexibility index (Phi) is 8.49. The Bertz CT molecular complexity index is 1130. The van der Waals surface area contributed by atoms with E-state index >= 15 is 0 Å². The van der Waals surface area contributed by atoms with E-state index in [1.807, 2.05) is 0 Å². The number of rotatable bonds is 9. The van der Waals surface area contributed by atoms with Gasteiger partial charge in [-0.3, -0.25) is 0 Å². The average molecular weight is 517 g/mol. The Labute approximate surface area is 202 Å². The van der Waals surface area contributed by atoms with Gasteiger partial charge in [0.2, 0.25) is 0 Å². The second-order valence-corrected chi connectivity index (χ2v) is 9.45. The van der Waals surface area contributed by atoms with Crippen molar-refractivity contribution in [3.8, 4) is 11.5 Å². The number of halogens is 3. The largest absolute Gasteiger partial charge is 0.493 e. The van der Waals surface area contributed by atoms with Crippen molar-refractivity contribution < 1.29 is 40.0 Å². The number of amides is 2. The third-order valence-electron chi connectivity index (χ3n) is 5.31. The van der Waals surface area contributed by atoms with E-state index in [9.17, 15) is 26.4 Å². The number of methoxy groups -OCH3 is 1. The molecule has 1 aliphatic rings. The van der Waals surface area contributed by atoms with Crippen LogP contribution in [-0.2, 0) is 27.6 Å². The molecule has 1 heterocycles. The lowest BCUT2D eigenvalue weighted by Gasteiger charge is -2.26. The van der Waals surface area contributed by atoms with Gasteiger partial charge >= 0.3 is 22.3 Å². The number of nitrogens with one attached hydrogen (secondary N) is 1. The summed E-state index contributed by atoms with van der Waals surface area (Å²) in [6, 6.07) is 7.46. The molecule has 0 saturated carbocycles. The number of benzene rings is 2. The van der Waals surface area contributed by atoms with Crippen molar-refractivity contribution in [2.75, 3.05) is 26.8 Å². The maximum absolute atomic E-state index is 13.0. The fourth-order valence-corrected chi connectivity index (χ4v) is 4.60. The van der Waals surface area contributed by atoms with Gasteiger partial charge in [-0.2, -0.15) is 21.6 Å². The smallest absolute Gasteiger partial charge is 0.416 e. The summed E-state index contributed by atoms with van der Waals surface area (Å²) in [4.78, 5) is 13.5. The van der Waals surface area contributed by atoms with Crippen molar-refractivity contribution in [1.82, 2.24) is 10.2 Å². The highest BCUT2D eigenvalue weighted by Gasteiger charge is 2.32. The molecule has 1 fully saturated rings. The number of urea groups is 1. The molecular formula is C23H27F3N2O6S. The second-order valence-electron chi connectivity index (χ2n) is 7.90. The molecule has 0 aromatic heterocycles. The first-order valence-electron chi connectivity index (χ1n) is 11.0. The molecule has 2 aromatic carbocycles. The Morgan fingerprint density at radius 3 is 2.60 bits per heavy atom. The van der Waals surface area contributed by atoms with E-state index in [-0.39, 0.29) is 30.2 Å². The lowest BCUT2D eigenvalue weighted by Crippen LogP contribution is -2.43. The third-order valence-corrected chi connectivity index (χ3v) is 6.54. The van der Waals surface area contributed by atoms with Crippen molar-refractivity contribution in [2.24, 2.45) is 0 Å². The van der Waals surface area contributed by atoms with Crippen molar-refractivity contribution >= 4 is 16.1 Å². The minimum Gasteiger partial charge on any atom is -0.493 e. The van der Waals surface area contributed by atoms with Gasteiger partial charge in [0.05, 0.1) is 18.8 Å². The molecule has 35 heavy (non-hydrogen) atoms. The summed E-state index contributed by atoms with van der Waals surface area (Å²) in [6.45, 7) is 3.31. The topological polar surface area (TPSA) is 94.2 Å². The van der Waals surface area contributed by atoms with Crippen LogP contribution in [0.15, 0.2) is 47.4 Å². The number of hydrogen-bond donors (Lipinski definition) is 1. The third kappa shape index (κ3) is 7.01. The molecule has 192 valence electrons. The van der Waals surface area contributed by atoms with Gasteiger partial charge in [0.1, 0.15) is 4.90 Å². The van der Waals surface area contributed by atoms with E-state index in [1.165, 1.54) is 19.2 Å². The Hall–Kier alpha value is -2.99. The van der Waals surface area contributed by atoms with Gasteiger partial charge in [-0.15, -0.1) is 0 Å². The fraction of sp³-hybridized carbons (Fsp3) is 0.435. The standard InChI is InChI=1S/C23H27F3N2O6S/c1-3-27-22(29)28(15-18-7-5-11-33-18)14-16-9-10-20(32-2)21(12-16)34-35(30,31)19-8-4-6-17(13-19)23(24,25)26/h4,6,8-10,12-13,18H,3,5,7,11,14-15H2,1-2H3,(H,27,29). The lowest BCUT2D eigenvalue weighted by molar-refractivity contribution is -0.137. The molecule has 2 amide bonds. The number of nitrogens with zero attached hydrogens (tertiary/aromatic N) is 1. The summed E-state index contributed by atoms with van der Waals surface area (Å²) in [5.74, 6) is -0.150. The molecule has 0 spiro atoms. The number of hydrogen-bond acceptors (Lipinski definition) is 6. The van der Waals surface area contributed by atoms with Gasteiger partial charge < -0.3 is 23.9 Å². The van der Waals surface area contributed by atoms with Gasteiger partial charge in [0.15, 0.2) is 11.5 Å². The fourth-order valence-electron chi connectivity index (χ4n) is 3.62. The molecule has 1 atom stereocenters. The zero-order chi connectivity index (χ0) is 25.6. The van der Waals surface area contributed by atoms with Crippen LogP contribution in [0.3, 0.4) is 0 Å². The zero-order valence-electron chi connectivity index (χ0n) is 19.3. The molecule has 1 N–H and O–H groups in total. The van der Waals surface area contributed by atoms with Crippen LogP contribution in [0.25, 0.3) is 0 Å². The van der Waals surface area contributed by atoms with Gasteiger partial charge in [0.25, 0.3) is 0 Å². The van der Waals surface area contributed by atoms with Crippen LogP contribution in [0.2, 0.25) is 0 Å². The van der Waals surface area contributed by atoms with E-state index in [0.29, 0.717) is 31.3 Å². The Balaban J connectivity index is 1.86. The van der Waals surface area contributed by atoms with Crippen molar-refractivity contribution in [2.45, 2.75) is 43.5 Å². The molecule has 1 saturated heterocycles. The minimum absolute atomic E-state index is 0.0630. The van der Waals surface area contributed by atoms with E-state index in [4.69, 9.17) is 13.7 Å². The molecule has 1 aliphatic heterocycles. The number of alkyl halides is 3. The van der Waals surface area contributed by atoms with Crippen LogP contribution in [0, 0.1) is 0 Å². The normalized spacial score (nSPS) is 16.1. The molecule has 0 bridgehead atoms. The van der Waals surface area contributed by atoms with E-state index in [2.05, 4.69) is 5.32 Å². The number of carbonyl (C=O) groups is 1. The monoisotopic (exact) mass is 516 g/mol. The maximum atomic E-state index is 13.0. The lowest BCUT2D eigenvalue weighted by atomic mass is 10.1. The van der Waals surface area contributed by atoms with Crippen molar-refractivity contribution in [1.29, 1.82) is 0 Å². The van der Waals surface area contributed by atoms with Crippen LogP contribution in [0.4, 0.5) is 18.0 Å². The van der Waals surface area contributed by atoms with Crippen LogP contribution < -0.4 is 14.2 Å². The predicted octanol–water partition coefficient (Wildman–Crippen LogP) is 4.19. The van der Waals surface area contributed by atoms with Crippen molar-refractivity contribution in [3.05, 3.63) is 53.6 Å². The van der Waals surface area contributed by atoms with Crippen LogP contribution in [-0.4, -0.2) is 52.3 Å². The molecule has 1 unspecified atom stereocenters. The highest BCUT2D eigenvalue weighted by atomic mass is 32.2. The predicted molar refractivity (Wildman–Crippen MR) is 121 cm³/mol. The molecular weight excluding hydrogens is 489 g/mol. The highest BCUT2D eigenvalue weighted by molar-refractivity contribution is 7.87. The minimum atomic E-state index is -4.71. The summed E-state index contributed by atoms with van der Waals surface area (Å²) in [5, 5.41) is 2.74. The summed E-state index contributed by atoms with van der Waals surface area (Å²) < 4.78 is 80.6. The molecule has 2 aromatic rings. The SMILES string of the molecule is CCNC(=O)N(Cc1ccc(OC)c(OS(=O)(=O)c2cccc(C(F)(F)F)c2)c1)CC1CCCO1. The van der Waals surface area contributed by atoms with Crippen LogP contribution in [0.5, 0.6) is 11.5 Å². The molecule has 8 nitrogen and oxygen atoms in total. The Morgan fingerprint density at radius 1 is 1.20 bits per heavy atom. The van der Waals surface area contributed by atoms with E-state index in [1.54, 1.807) is 17.9 Å². The van der Waals surface area contributed by atoms with Crippen LogP contribution in [0.1, 0.15) is 30.9 Å². The van der Waals surface area contributed by atoms with E-state index in [0.717, 1.165) is 31.0 Å². The highest BCUT2D eigenvalue weighted by Crippen LogP contribution is 2.34. The average Bonchev–Trinajstić information content (AvgIpc) is 3.31. The summed E-state index contributed by atoms with van der Waals surface area (Å²) >= 11 is 0. The first-order valence-corrected chi connectivity index (χ1v) is 12.4. The second kappa shape index (κ2) is 11.2. The number of ether oxygens (including phenoxy) is 2. The quantitative estimate of drug-likeness (QED) is 0.503. The summed E-state index contributed by atoms with van der Waals surface area (Å²) in [7, 11) is -3.31. The van der Waals surface area contributed by atoms with E-state index < -0.39 is 26.8 Å². The molecule has 0 aliphatic carbocycles. The molecule has 3 rings (SSSR count). The van der Waals surface area contributed by atoms with Gasteiger partial charge in [0, 0.05) is 26.2 Å². The number of carbonyl (C=O) groups excluding carboxylic acids is 1. The van der Waals surface area contributed by atoms with Gasteiger partial charge in [-0.1, -0.05) is 12.1 Å². The molecule has 12 heteroatoms. The Morgan fingerprint density at radius 2 is 1.97 bits per heavy atom. The first-order chi connectivity index (χ1) is 16.5. The first kappa shape index (κ1) is 26.6. The summed E-state index contributed by atoms with van der Waals surface area (Å²) in [5.41, 5.74) is -0.584. The zero-order valence-corrected chi connectivity index (χ0v) is 20.1. The summed E-state index contributed by atoms with van der Waals surface area (Å²) in [6.07, 6.45) is -3.09. The van der Waals surface area contributed by atoms with Crippen LogP contribution >= 0.6 is 0 Å².